The Hall–Kier alpha value is -0.590. The first kappa shape index (κ1) is 14.8. The lowest BCUT2D eigenvalue weighted by atomic mass is 9.78. The Morgan fingerprint density at radius 1 is 1.47 bits per heavy atom. The third kappa shape index (κ3) is 2.41. The standard InChI is InChI=1S/C12H14ClF3O3/c1-6(2)12(18-5-11(14,15)16)8-4-3-7(19-8)9(13)10(12)17/h3-4,6-9H,5H2,1-2H3/t7-,8+,9+,12+/m0/s1. The van der Waals surface area contributed by atoms with Gasteiger partial charge in [-0.2, -0.15) is 13.2 Å². The van der Waals surface area contributed by atoms with Crippen LogP contribution in [-0.4, -0.2) is 41.8 Å². The number of Topliss-reactive ketones (excluding diaryl/α,β-unsaturated/α-hetero) is 1. The fourth-order valence-electron chi connectivity index (χ4n) is 2.52. The molecule has 4 atom stereocenters. The van der Waals surface area contributed by atoms with Crippen molar-refractivity contribution in [2.45, 2.75) is 43.2 Å². The predicted molar refractivity (Wildman–Crippen MR) is 62.0 cm³/mol. The fourth-order valence-corrected chi connectivity index (χ4v) is 2.83. The summed E-state index contributed by atoms with van der Waals surface area (Å²) in [6.45, 7) is 1.74. The van der Waals surface area contributed by atoms with E-state index in [0.717, 1.165) is 0 Å². The minimum atomic E-state index is -4.51. The third-order valence-electron chi connectivity index (χ3n) is 3.46. The number of rotatable bonds is 3. The summed E-state index contributed by atoms with van der Waals surface area (Å²) in [7, 11) is 0. The second kappa shape index (κ2) is 4.75. The molecule has 0 N–H and O–H groups in total. The highest BCUT2D eigenvalue weighted by Gasteiger charge is 2.59. The molecule has 0 unspecified atom stereocenters. The molecular formula is C12H14ClF3O3. The number of ketones is 1. The van der Waals surface area contributed by atoms with E-state index in [-0.39, 0.29) is 0 Å². The van der Waals surface area contributed by atoms with E-state index < -0.39 is 47.7 Å². The van der Waals surface area contributed by atoms with E-state index in [1.807, 2.05) is 0 Å². The van der Waals surface area contributed by atoms with Gasteiger partial charge in [0.15, 0.2) is 11.4 Å². The van der Waals surface area contributed by atoms with Crippen LogP contribution in [0.2, 0.25) is 0 Å². The van der Waals surface area contributed by atoms with Crippen molar-refractivity contribution in [3.05, 3.63) is 12.2 Å². The zero-order chi connectivity index (χ0) is 14.4. The van der Waals surface area contributed by atoms with E-state index in [1.54, 1.807) is 26.0 Å². The van der Waals surface area contributed by atoms with Crippen molar-refractivity contribution in [1.82, 2.24) is 0 Å². The van der Waals surface area contributed by atoms with E-state index in [1.165, 1.54) is 0 Å². The SMILES string of the molecule is CC(C)[C@]1(OCC(F)(F)F)C(=O)[C@H](Cl)[C@@H]2C=C[C@H]1O2. The first-order valence-electron chi connectivity index (χ1n) is 5.91. The van der Waals surface area contributed by atoms with Gasteiger partial charge in [-0.3, -0.25) is 4.79 Å². The summed E-state index contributed by atoms with van der Waals surface area (Å²) >= 11 is 5.95. The van der Waals surface area contributed by atoms with Crippen LogP contribution in [0.15, 0.2) is 12.2 Å². The summed E-state index contributed by atoms with van der Waals surface area (Å²) in [6.07, 6.45) is -2.76. The Morgan fingerprint density at radius 3 is 2.63 bits per heavy atom. The van der Waals surface area contributed by atoms with E-state index in [9.17, 15) is 18.0 Å². The predicted octanol–water partition coefficient (Wildman–Crippen LogP) is 2.47. The van der Waals surface area contributed by atoms with Gasteiger partial charge in [-0.05, 0) is 5.92 Å². The molecule has 2 aliphatic rings. The average Bonchev–Trinajstić information content (AvgIpc) is 2.72. The lowest BCUT2D eigenvalue weighted by Gasteiger charge is -2.45. The van der Waals surface area contributed by atoms with Crippen LogP contribution in [0.4, 0.5) is 13.2 Å². The van der Waals surface area contributed by atoms with Crippen LogP contribution in [0, 0.1) is 5.92 Å². The Balaban J connectivity index is 2.32. The van der Waals surface area contributed by atoms with Crippen LogP contribution < -0.4 is 0 Å². The van der Waals surface area contributed by atoms with Crippen molar-refractivity contribution < 1.29 is 27.4 Å². The molecule has 0 saturated carbocycles. The molecule has 2 rings (SSSR count). The largest absolute Gasteiger partial charge is 0.411 e. The first-order chi connectivity index (χ1) is 8.68. The molecule has 3 nitrogen and oxygen atoms in total. The Kier molecular flexibility index (Phi) is 3.70. The highest BCUT2D eigenvalue weighted by molar-refractivity contribution is 6.33. The van der Waals surface area contributed by atoms with Crippen molar-refractivity contribution in [2.75, 3.05) is 6.61 Å². The van der Waals surface area contributed by atoms with Crippen LogP contribution in [0.25, 0.3) is 0 Å². The lowest BCUT2D eigenvalue weighted by Crippen LogP contribution is -2.63. The van der Waals surface area contributed by atoms with Gasteiger partial charge in [-0.1, -0.05) is 26.0 Å². The molecule has 0 aromatic carbocycles. The third-order valence-corrected chi connectivity index (χ3v) is 3.90. The number of carbonyl (C=O) groups is 1. The molecule has 0 aliphatic carbocycles. The molecule has 2 aliphatic heterocycles. The Labute approximate surface area is 113 Å². The highest BCUT2D eigenvalue weighted by atomic mass is 35.5. The number of alkyl halides is 4. The van der Waals surface area contributed by atoms with E-state index >= 15 is 0 Å². The second-order valence-corrected chi connectivity index (χ2v) is 5.49. The molecule has 1 saturated heterocycles. The fraction of sp³-hybridized carbons (Fsp3) is 0.750. The summed E-state index contributed by atoms with van der Waals surface area (Å²) in [5.74, 6) is -1.03. The normalized spacial score (nSPS) is 38.3. The zero-order valence-corrected chi connectivity index (χ0v) is 11.2. The van der Waals surface area contributed by atoms with Crippen LogP contribution in [0.3, 0.4) is 0 Å². The Morgan fingerprint density at radius 2 is 2.11 bits per heavy atom. The minimum Gasteiger partial charge on any atom is -0.361 e. The molecule has 2 heterocycles. The monoisotopic (exact) mass is 298 g/mol. The smallest absolute Gasteiger partial charge is 0.361 e. The van der Waals surface area contributed by atoms with Crippen molar-refractivity contribution in [3.63, 3.8) is 0 Å². The van der Waals surface area contributed by atoms with Crippen LogP contribution in [0.5, 0.6) is 0 Å². The zero-order valence-electron chi connectivity index (χ0n) is 10.4. The second-order valence-electron chi connectivity index (χ2n) is 5.02. The lowest BCUT2D eigenvalue weighted by molar-refractivity contribution is -0.238. The molecular weight excluding hydrogens is 285 g/mol. The molecule has 19 heavy (non-hydrogen) atoms. The highest BCUT2D eigenvalue weighted by Crippen LogP contribution is 2.42. The van der Waals surface area contributed by atoms with Crippen molar-refractivity contribution in [1.29, 1.82) is 0 Å². The molecule has 108 valence electrons. The molecule has 2 bridgehead atoms. The van der Waals surface area contributed by atoms with Crippen LogP contribution in [-0.2, 0) is 14.3 Å². The number of ether oxygens (including phenoxy) is 2. The number of fused-ring (bicyclic) bond motifs is 2. The quantitative estimate of drug-likeness (QED) is 0.593. The molecule has 0 amide bonds. The van der Waals surface area contributed by atoms with Gasteiger partial charge in [0.25, 0.3) is 0 Å². The molecule has 0 aromatic rings. The van der Waals surface area contributed by atoms with Gasteiger partial charge in [0.05, 0.1) is 0 Å². The van der Waals surface area contributed by atoms with Crippen LogP contribution >= 0.6 is 11.6 Å². The number of hydrogen-bond donors (Lipinski definition) is 0. The van der Waals surface area contributed by atoms with Crippen LogP contribution in [0.1, 0.15) is 13.8 Å². The van der Waals surface area contributed by atoms with Gasteiger partial charge in [0, 0.05) is 0 Å². The van der Waals surface area contributed by atoms with Crippen molar-refractivity contribution >= 4 is 17.4 Å². The van der Waals surface area contributed by atoms with Crippen molar-refractivity contribution in [3.8, 4) is 0 Å². The average molecular weight is 299 g/mol. The Bertz CT molecular complexity index is 408. The van der Waals surface area contributed by atoms with Gasteiger partial charge in [-0.15, -0.1) is 11.6 Å². The van der Waals surface area contributed by atoms with E-state index in [2.05, 4.69) is 0 Å². The summed E-state index contributed by atoms with van der Waals surface area (Å²) < 4.78 is 47.6. The van der Waals surface area contributed by atoms with E-state index in [4.69, 9.17) is 21.1 Å². The maximum absolute atomic E-state index is 12.4. The molecule has 7 heteroatoms. The number of halogens is 4. The maximum atomic E-state index is 12.4. The van der Waals surface area contributed by atoms with Crippen molar-refractivity contribution in [2.24, 2.45) is 5.92 Å². The van der Waals surface area contributed by atoms with Gasteiger partial charge in [0.1, 0.15) is 24.2 Å². The summed E-state index contributed by atoms with van der Waals surface area (Å²) in [5, 5.41) is -1.02. The molecule has 0 radical (unpaired) electrons. The first-order valence-corrected chi connectivity index (χ1v) is 6.35. The van der Waals surface area contributed by atoms with Gasteiger partial charge >= 0.3 is 6.18 Å². The number of carbonyl (C=O) groups excluding carboxylic acids is 1. The van der Waals surface area contributed by atoms with Gasteiger partial charge in [0.2, 0.25) is 0 Å². The van der Waals surface area contributed by atoms with Gasteiger partial charge in [-0.25, -0.2) is 0 Å². The molecule has 0 aromatic heterocycles. The summed E-state index contributed by atoms with van der Waals surface area (Å²) in [5.41, 5.74) is -1.68. The number of hydrogen-bond acceptors (Lipinski definition) is 3. The van der Waals surface area contributed by atoms with Gasteiger partial charge < -0.3 is 9.47 Å². The molecule has 0 spiro atoms. The maximum Gasteiger partial charge on any atom is 0.411 e. The molecule has 1 fully saturated rings. The summed E-state index contributed by atoms with van der Waals surface area (Å²) in [6, 6.07) is 0. The summed E-state index contributed by atoms with van der Waals surface area (Å²) in [4.78, 5) is 12.3. The van der Waals surface area contributed by atoms with E-state index in [0.29, 0.717) is 0 Å². The topological polar surface area (TPSA) is 35.5 Å². The minimum absolute atomic E-state index is 0.489.